The minimum Gasteiger partial charge on any atom is -0.425 e. The highest BCUT2D eigenvalue weighted by Gasteiger charge is 2.22. The normalized spacial score (nSPS) is 16.0. The number of carbonyl (C=O) groups is 2. The van der Waals surface area contributed by atoms with Gasteiger partial charge in [-0.2, -0.15) is 0 Å². The van der Waals surface area contributed by atoms with E-state index < -0.39 is 5.97 Å². The Morgan fingerprint density at radius 2 is 2.27 bits per heavy atom. The van der Waals surface area contributed by atoms with E-state index in [1.54, 1.807) is 36.0 Å². The first-order chi connectivity index (χ1) is 10.5. The number of esters is 1. The molecule has 0 amide bonds. The summed E-state index contributed by atoms with van der Waals surface area (Å²) in [5.74, 6) is 0.747. The number of carbonyl (C=O) groups excluding carboxylic acids is 2. The predicted molar refractivity (Wildman–Crippen MR) is 93.5 cm³/mol. The molecule has 1 aromatic rings. The molecule has 0 unspecified atom stereocenters. The Morgan fingerprint density at radius 1 is 1.50 bits per heavy atom. The molecule has 2 rings (SSSR count). The van der Waals surface area contributed by atoms with Crippen molar-refractivity contribution in [3.8, 4) is 5.75 Å². The second kappa shape index (κ2) is 7.85. The SMILES string of the molecule is CCCSC1=N/C(=C\c2cccc(OC(C)=O)c2Cl)C(=O)S1. The van der Waals surface area contributed by atoms with E-state index in [-0.39, 0.29) is 15.9 Å². The lowest BCUT2D eigenvalue weighted by atomic mass is 10.2. The Hall–Kier alpha value is -1.24. The molecule has 7 heteroatoms. The average molecular weight is 356 g/mol. The van der Waals surface area contributed by atoms with E-state index in [9.17, 15) is 9.59 Å². The monoisotopic (exact) mass is 355 g/mol. The van der Waals surface area contributed by atoms with Crippen LogP contribution in [0.5, 0.6) is 5.75 Å². The van der Waals surface area contributed by atoms with E-state index >= 15 is 0 Å². The van der Waals surface area contributed by atoms with E-state index in [4.69, 9.17) is 16.3 Å². The number of halogens is 1. The molecule has 0 aromatic heterocycles. The van der Waals surface area contributed by atoms with Crippen LogP contribution in [0.4, 0.5) is 0 Å². The van der Waals surface area contributed by atoms with Crippen LogP contribution in [-0.4, -0.2) is 21.2 Å². The number of rotatable bonds is 4. The summed E-state index contributed by atoms with van der Waals surface area (Å²) in [4.78, 5) is 27.3. The minimum absolute atomic E-state index is 0.104. The quantitative estimate of drug-likeness (QED) is 0.455. The fraction of sp³-hybridized carbons (Fsp3) is 0.267. The second-order valence-electron chi connectivity index (χ2n) is 4.40. The zero-order valence-corrected chi connectivity index (χ0v) is 14.5. The highest BCUT2D eigenvalue weighted by molar-refractivity contribution is 8.45. The predicted octanol–water partition coefficient (Wildman–Crippen LogP) is 4.38. The number of hydrogen-bond donors (Lipinski definition) is 0. The van der Waals surface area contributed by atoms with Crippen LogP contribution >= 0.6 is 35.1 Å². The summed E-state index contributed by atoms with van der Waals surface area (Å²) >= 11 is 8.90. The van der Waals surface area contributed by atoms with Crippen molar-refractivity contribution in [1.29, 1.82) is 0 Å². The van der Waals surface area contributed by atoms with Gasteiger partial charge in [0, 0.05) is 6.92 Å². The first-order valence-corrected chi connectivity index (χ1v) is 8.81. The summed E-state index contributed by atoms with van der Waals surface area (Å²) in [5, 5.41) is 0.181. The molecular weight excluding hydrogens is 342 g/mol. The third-order valence-corrected chi connectivity index (χ3v) is 5.19. The molecule has 1 aliphatic heterocycles. The molecule has 0 aliphatic carbocycles. The van der Waals surface area contributed by atoms with Crippen LogP contribution in [0.2, 0.25) is 5.02 Å². The molecule has 0 bridgehead atoms. The van der Waals surface area contributed by atoms with Crippen LogP contribution in [0.3, 0.4) is 0 Å². The van der Waals surface area contributed by atoms with Gasteiger partial charge in [0.15, 0.2) is 0 Å². The summed E-state index contributed by atoms with van der Waals surface area (Å²) in [7, 11) is 0. The Kier molecular flexibility index (Phi) is 6.11. The number of ether oxygens (including phenoxy) is 1. The van der Waals surface area contributed by atoms with Crippen molar-refractivity contribution < 1.29 is 14.3 Å². The van der Waals surface area contributed by atoms with Crippen molar-refractivity contribution in [2.75, 3.05) is 5.75 Å². The van der Waals surface area contributed by atoms with Crippen molar-refractivity contribution in [2.24, 2.45) is 4.99 Å². The van der Waals surface area contributed by atoms with Crippen molar-refractivity contribution in [1.82, 2.24) is 0 Å². The van der Waals surface area contributed by atoms with Crippen molar-refractivity contribution in [2.45, 2.75) is 20.3 Å². The fourth-order valence-electron chi connectivity index (χ4n) is 1.66. The summed E-state index contributed by atoms with van der Waals surface area (Å²) in [6, 6.07) is 5.05. The summed E-state index contributed by atoms with van der Waals surface area (Å²) < 4.78 is 5.78. The zero-order valence-electron chi connectivity index (χ0n) is 12.1. The smallest absolute Gasteiger partial charge is 0.308 e. The van der Waals surface area contributed by atoms with Crippen LogP contribution in [0.25, 0.3) is 6.08 Å². The highest BCUT2D eigenvalue weighted by Crippen LogP contribution is 2.34. The third kappa shape index (κ3) is 4.38. The lowest BCUT2D eigenvalue weighted by Gasteiger charge is -2.06. The van der Waals surface area contributed by atoms with Gasteiger partial charge in [0.05, 0.1) is 5.02 Å². The molecule has 22 heavy (non-hydrogen) atoms. The van der Waals surface area contributed by atoms with Crippen LogP contribution in [0.1, 0.15) is 25.8 Å². The van der Waals surface area contributed by atoms with Gasteiger partial charge in [0.2, 0.25) is 5.12 Å². The maximum absolute atomic E-state index is 12.0. The number of hydrogen-bond acceptors (Lipinski definition) is 6. The molecule has 1 aliphatic rings. The Labute approximate surface area is 142 Å². The van der Waals surface area contributed by atoms with Crippen molar-refractivity contribution in [3.63, 3.8) is 0 Å². The highest BCUT2D eigenvalue weighted by atomic mass is 35.5. The molecule has 0 saturated carbocycles. The Bertz CT molecular complexity index is 671. The lowest BCUT2D eigenvalue weighted by Crippen LogP contribution is -2.02. The Morgan fingerprint density at radius 3 is 2.95 bits per heavy atom. The maximum Gasteiger partial charge on any atom is 0.308 e. The van der Waals surface area contributed by atoms with E-state index in [0.29, 0.717) is 11.3 Å². The molecule has 0 saturated heterocycles. The zero-order chi connectivity index (χ0) is 16.1. The van der Waals surface area contributed by atoms with Gasteiger partial charge >= 0.3 is 5.97 Å². The number of benzene rings is 1. The topological polar surface area (TPSA) is 55.7 Å². The molecule has 0 fully saturated rings. The van der Waals surface area contributed by atoms with E-state index in [2.05, 4.69) is 11.9 Å². The molecule has 0 spiro atoms. The van der Waals surface area contributed by atoms with E-state index in [1.165, 1.54) is 6.92 Å². The standard InChI is InChI=1S/C15H14ClNO3S2/c1-3-7-21-15-17-11(14(19)22-15)8-10-5-4-6-12(13(10)16)20-9(2)18/h4-6,8H,3,7H2,1-2H3/b11-8-. The first-order valence-electron chi connectivity index (χ1n) is 6.63. The van der Waals surface area contributed by atoms with Crippen LogP contribution in [-0.2, 0) is 9.59 Å². The molecule has 1 heterocycles. The van der Waals surface area contributed by atoms with Crippen molar-refractivity contribution >= 4 is 56.7 Å². The molecule has 4 nitrogen and oxygen atoms in total. The largest absolute Gasteiger partial charge is 0.425 e. The van der Waals surface area contributed by atoms with E-state index in [1.807, 2.05) is 0 Å². The molecule has 0 N–H and O–H groups in total. The van der Waals surface area contributed by atoms with E-state index in [0.717, 1.165) is 28.3 Å². The summed E-state index contributed by atoms with van der Waals surface area (Å²) in [5.41, 5.74) is 0.945. The summed E-state index contributed by atoms with van der Waals surface area (Å²) in [6.45, 7) is 3.38. The van der Waals surface area contributed by atoms with Gasteiger partial charge in [-0.3, -0.25) is 9.59 Å². The lowest BCUT2D eigenvalue weighted by molar-refractivity contribution is -0.131. The molecule has 1 aromatic carbocycles. The number of nitrogens with zero attached hydrogens (tertiary/aromatic N) is 1. The van der Waals surface area contributed by atoms with Crippen LogP contribution < -0.4 is 4.74 Å². The number of thioether (sulfide) groups is 2. The van der Waals surface area contributed by atoms with Gasteiger partial charge in [-0.25, -0.2) is 4.99 Å². The fourth-order valence-corrected chi connectivity index (χ4v) is 3.65. The molecular formula is C15H14ClNO3S2. The molecule has 0 atom stereocenters. The van der Waals surface area contributed by atoms with Gasteiger partial charge in [0.25, 0.3) is 0 Å². The Balaban J connectivity index is 2.27. The second-order valence-corrected chi connectivity index (χ2v) is 7.08. The maximum atomic E-state index is 12.0. The average Bonchev–Trinajstić information content (AvgIpc) is 2.81. The van der Waals surface area contributed by atoms with Crippen LogP contribution in [0.15, 0.2) is 28.9 Å². The van der Waals surface area contributed by atoms with Crippen molar-refractivity contribution in [3.05, 3.63) is 34.5 Å². The van der Waals surface area contributed by atoms with Gasteiger partial charge in [0.1, 0.15) is 15.8 Å². The minimum atomic E-state index is -0.449. The first kappa shape index (κ1) is 17.1. The van der Waals surface area contributed by atoms with Gasteiger partial charge in [-0.15, -0.1) is 0 Å². The van der Waals surface area contributed by atoms with Gasteiger partial charge in [-0.1, -0.05) is 42.4 Å². The number of aliphatic imine (C=N–C) groups is 1. The molecule has 0 radical (unpaired) electrons. The van der Waals surface area contributed by atoms with Gasteiger partial charge < -0.3 is 4.74 Å². The third-order valence-electron chi connectivity index (χ3n) is 2.57. The summed E-state index contributed by atoms with van der Waals surface area (Å²) in [6.07, 6.45) is 2.64. The van der Waals surface area contributed by atoms with Crippen LogP contribution in [0, 0.1) is 0 Å². The van der Waals surface area contributed by atoms with Gasteiger partial charge in [-0.05, 0) is 41.6 Å². The molecule has 116 valence electrons.